The number of rotatable bonds is 5. The van der Waals surface area contributed by atoms with Crippen molar-refractivity contribution in [1.29, 1.82) is 0 Å². The molecule has 0 unspecified atom stereocenters. The Labute approximate surface area is 154 Å². The Hall–Kier alpha value is -2.82. The maximum atomic E-state index is 11.3. The lowest BCUT2D eigenvalue weighted by Gasteiger charge is -2.26. The van der Waals surface area contributed by atoms with E-state index in [1.54, 1.807) is 7.11 Å². The third-order valence-electron chi connectivity index (χ3n) is 5.19. The largest absolute Gasteiger partial charge is 0.497 e. The summed E-state index contributed by atoms with van der Waals surface area (Å²) in [5.74, 6) is 0.439. The monoisotopic (exact) mass is 352 g/mol. The van der Waals surface area contributed by atoms with Crippen LogP contribution in [0.15, 0.2) is 60.3 Å². The van der Waals surface area contributed by atoms with Gasteiger partial charge in [0.25, 0.3) is 0 Å². The summed E-state index contributed by atoms with van der Waals surface area (Å²) in [6.07, 6.45) is 2.05. The first-order valence-electron chi connectivity index (χ1n) is 8.66. The van der Waals surface area contributed by atoms with Crippen LogP contribution in [0.25, 0.3) is 0 Å². The van der Waals surface area contributed by atoms with Crippen LogP contribution in [0.3, 0.4) is 0 Å². The summed E-state index contributed by atoms with van der Waals surface area (Å²) >= 11 is 0. The highest BCUT2D eigenvalue weighted by atomic mass is 16.6. The molecule has 2 aromatic carbocycles. The van der Waals surface area contributed by atoms with Crippen LogP contribution in [0.1, 0.15) is 30.9 Å². The Kier molecular flexibility index (Phi) is 4.72. The smallest absolute Gasteiger partial charge is 0.214 e. The second-order valence-corrected chi connectivity index (χ2v) is 7.15. The first-order valence-corrected chi connectivity index (χ1v) is 8.66. The van der Waals surface area contributed by atoms with E-state index >= 15 is 0 Å². The molecule has 136 valence electrons. The van der Waals surface area contributed by atoms with E-state index in [0.717, 1.165) is 22.7 Å². The van der Waals surface area contributed by atoms with Crippen molar-refractivity contribution in [3.8, 4) is 5.75 Å². The zero-order valence-electron chi connectivity index (χ0n) is 15.6. The molecule has 1 heterocycles. The highest BCUT2D eigenvalue weighted by Crippen LogP contribution is 2.47. The van der Waals surface area contributed by atoms with Crippen LogP contribution in [0.5, 0.6) is 5.75 Å². The number of likely N-dealkylation sites (N-methyl/N-ethyl adjacent to an activating group) is 1. The van der Waals surface area contributed by atoms with Crippen molar-refractivity contribution in [1.82, 2.24) is 0 Å². The van der Waals surface area contributed by atoms with Gasteiger partial charge in [0.05, 0.1) is 13.0 Å². The number of nitro groups is 1. The molecule has 0 aromatic heterocycles. The minimum absolute atomic E-state index is 0.143. The van der Waals surface area contributed by atoms with Crippen molar-refractivity contribution in [2.24, 2.45) is 0 Å². The Balaban J connectivity index is 2.04. The van der Waals surface area contributed by atoms with Gasteiger partial charge in [-0.3, -0.25) is 10.1 Å². The lowest BCUT2D eigenvalue weighted by Crippen LogP contribution is -2.25. The van der Waals surface area contributed by atoms with Crippen molar-refractivity contribution >= 4 is 5.69 Å². The number of ether oxygens (including phenoxy) is 1. The van der Waals surface area contributed by atoms with Gasteiger partial charge in [-0.05, 0) is 29.3 Å². The van der Waals surface area contributed by atoms with E-state index in [0.29, 0.717) is 0 Å². The molecule has 0 saturated heterocycles. The van der Waals surface area contributed by atoms with Crippen LogP contribution in [0, 0.1) is 10.1 Å². The predicted molar refractivity (Wildman–Crippen MR) is 104 cm³/mol. The van der Waals surface area contributed by atoms with Crippen LogP contribution >= 0.6 is 0 Å². The van der Waals surface area contributed by atoms with E-state index in [1.165, 1.54) is 5.56 Å². The number of nitrogens with zero attached hydrogens (tertiary/aromatic N) is 2. The molecule has 1 atom stereocenters. The summed E-state index contributed by atoms with van der Waals surface area (Å²) in [6.45, 7) is 4.19. The van der Waals surface area contributed by atoms with Crippen molar-refractivity contribution in [3.05, 3.63) is 81.5 Å². The number of methoxy groups -OCH3 is 1. The Bertz CT molecular complexity index is 841. The lowest BCUT2D eigenvalue weighted by atomic mass is 9.82. The number of hydrogen-bond donors (Lipinski definition) is 0. The second kappa shape index (κ2) is 6.83. The maximum Gasteiger partial charge on any atom is 0.214 e. The molecule has 1 aliphatic heterocycles. The van der Waals surface area contributed by atoms with Gasteiger partial charge in [-0.15, -0.1) is 0 Å². The second-order valence-electron chi connectivity index (χ2n) is 7.15. The third kappa shape index (κ3) is 3.17. The molecule has 0 amide bonds. The summed E-state index contributed by atoms with van der Waals surface area (Å²) in [4.78, 5) is 13.2. The van der Waals surface area contributed by atoms with E-state index in [4.69, 9.17) is 4.74 Å². The van der Waals surface area contributed by atoms with Crippen LogP contribution in [0.2, 0.25) is 0 Å². The zero-order valence-corrected chi connectivity index (χ0v) is 15.6. The highest BCUT2D eigenvalue weighted by molar-refractivity contribution is 5.70. The molecule has 0 fully saturated rings. The van der Waals surface area contributed by atoms with E-state index in [9.17, 15) is 10.1 Å². The lowest BCUT2D eigenvalue weighted by molar-refractivity contribution is -0.481. The van der Waals surface area contributed by atoms with Crippen LogP contribution in [-0.4, -0.2) is 25.6 Å². The van der Waals surface area contributed by atoms with Gasteiger partial charge in [-0.1, -0.05) is 50.3 Å². The Morgan fingerprint density at radius 3 is 2.42 bits per heavy atom. The quantitative estimate of drug-likeness (QED) is 0.592. The van der Waals surface area contributed by atoms with Gasteiger partial charge < -0.3 is 9.64 Å². The number of hydrogen-bond acceptors (Lipinski definition) is 4. The van der Waals surface area contributed by atoms with Gasteiger partial charge in [-0.2, -0.15) is 0 Å². The Morgan fingerprint density at radius 1 is 1.19 bits per heavy atom. The molecule has 5 nitrogen and oxygen atoms in total. The van der Waals surface area contributed by atoms with Gasteiger partial charge in [0.1, 0.15) is 5.75 Å². The van der Waals surface area contributed by atoms with Crippen molar-refractivity contribution in [3.63, 3.8) is 0 Å². The molecule has 26 heavy (non-hydrogen) atoms. The molecule has 0 saturated carbocycles. The first kappa shape index (κ1) is 18.0. The molecular weight excluding hydrogens is 328 g/mol. The highest BCUT2D eigenvalue weighted by Gasteiger charge is 2.39. The average Bonchev–Trinajstić information content (AvgIpc) is 2.82. The van der Waals surface area contributed by atoms with E-state index < -0.39 is 0 Å². The van der Waals surface area contributed by atoms with Crippen LogP contribution in [-0.2, 0) is 5.41 Å². The van der Waals surface area contributed by atoms with Crippen LogP contribution in [0.4, 0.5) is 5.69 Å². The van der Waals surface area contributed by atoms with E-state index in [1.807, 2.05) is 49.5 Å². The van der Waals surface area contributed by atoms with Gasteiger partial charge in [0.2, 0.25) is 6.54 Å². The van der Waals surface area contributed by atoms with Gasteiger partial charge in [0, 0.05) is 28.8 Å². The number of fused-ring (bicyclic) bond motifs is 1. The van der Waals surface area contributed by atoms with Gasteiger partial charge >= 0.3 is 0 Å². The number of para-hydroxylation sites is 1. The molecule has 1 aliphatic rings. The van der Waals surface area contributed by atoms with E-state index in [2.05, 4.69) is 30.9 Å². The molecule has 5 heteroatoms. The normalized spacial score (nSPS) is 17.8. The van der Waals surface area contributed by atoms with Crippen molar-refractivity contribution in [2.75, 3.05) is 25.6 Å². The molecule has 2 aromatic rings. The van der Waals surface area contributed by atoms with Gasteiger partial charge in [0.15, 0.2) is 0 Å². The van der Waals surface area contributed by atoms with E-state index in [-0.39, 0.29) is 22.8 Å². The fourth-order valence-corrected chi connectivity index (χ4v) is 3.76. The molecule has 0 bridgehead atoms. The fourth-order valence-electron chi connectivity index (χ4n) is 3.76. The summed E-state index contributed by atoms with van der Waals surface area (Å²) in [7, 11) is 3.63. The summed E-state index contributed by atoms with van der Waals surface area (Å²) in [5, 5.41) is 11.3. The first-order chi connectivity index (χ1) is 12.3. The average molecular weight is 352 g/mol. The molecule has 3 rings (SSSR count). The fraction of sp³-hybridized carbons (Fsp3) is 0.333. The third-order valence-corrected chi connectivity index (χ3v) is 5.19. The van der Waals surface area contributed by atoms with Gasteiger partial charge in [-0.25, -0.2) is 0 Å². The standard InChI is InChI=1S/C21H24N2O3/c1-21(2)18-7-5-6-8-19(18)22(3)20(21)13-16(14-23(24)25)15-9-11-17(26-4)12-10-15/h5-13,16H,14H2,1-4H3/b20-13+/t16-/m0/s1. The topological polar surface area (TPSA) is 55.6 Å². The predicted octanol–water partition coefficient (Wildman–Crippen LogP) is 4.37. The molecule has 0 N–H and O–H groups in total. The minimum atomic E-state index is -0.304. The maximum absolute atomic E-state index is 11.3. The number of benzene rings is 2. The van der Waals surface area contributed by atoms with Crippen LogP contribution < -0.4 is 9.64 Å². The van der Waals surface area contributed by atoms with Crippen molar-refractivity contribution in [2.45, 2.75) is 25.2 Å². The number of anilines is 1. The molecular formula is C21H24N2O3. The Morgan fingerprint density at radius 2 is 1.85 bits per heavy atom. The molecule has 0 spiro atoms. The molecule has 0 aliphatic carbocycles. The molecule has 0 radical (unpaired) electrons. The van der Waals surface area contributed by atoms with Crippen molar-refractivity contribution < 1.29 is 9.66 Å². The number of allylic oxidation sites excluding steroid dienone is 1. The summed E-state index contributed by atoms with van der Waals surface area (Å²) in [5.41, 5.74) is 4.19. The summed E-state index contributed by atoms with van der Waals surface area (Å²) < 4.78 is 5.20. The summed E-state index contributed by atoms with van der Waals surface area (Å²) in [6, 6.07) is 15.8. The zero-order chi connectivity index (χ0) is 18.9. The minimum Gasteiger partial charge on any atom is -0.497 e. The SMILES string of the molecule is COc1ccc([C@@H](/C=C2/N(C)c3ccccc3C2(C)C)C[N+](=O)[O-])cc1.